The van der Waals surface area contributed by atoms with Gasteiger partial charge in [-0.2, -0.15) is 0 Å². The van der Waals surface area contributed by atoms with Gasteiger partial charge in [-0.3, -0.25) is 4.99 Å². The third kappa shape index (κ3) is 5.96. The molecule has 138 valence electrons. The van der Waals surface area contributed by atoms with Gasteiger partial charge in [0.05, 0.1) is 7.11 Å². The van der Waals surface area contributed by atoms with Gasteiger partial charge in [-0.1, -0.05) is 31.2 Å². The summed E-state index contributed by atoms with van der Waals surface area (Å²) in [4.78, 5) is 17.6. The van der Waals surface area contributed by atoms with Crippen molar-refractivity contribution in [3.63, 3.8) is 0 Å². The maximum absolute atomic E-state index is 11.5. The van der Waals surface area contributed by atoms with E-state index in [9.17, 15) is 4.79 Å². The van der Waals surface area contributed by atoms with Crippen molar-refractivity contribution in [1.29, 1.82) is 0 Å². The van der Waals surface area contributed by atoms with Crippen molar-refractivity contribution in [3.05, 3.63) is 35.4 Å². The van der Waals surface area contributed by atoms with Crippen LogP contribution in [0.25, 0.3) is 0 Å². The molecule has 0 radical (unpaired) electrons. The molecule has 1 fully saturated rings. The number of nitrogens with one attached hydrogen (secondary N) is 2. The topological polar surface area (TPSA) is 66.0 Å². The van der Waals surface area contributed by atoms with Crippen LogP contribution in [0.1, 0.15) is 30.9 Å². The van der Waals surface area contributed by atoms with Crippen molar-refractivity contribution in [2.75, 3.05) is 33.8 Å². The summed E-state index contributed by atoms with van der Waals surface area (Å²) in [5, 5.41) is 6.82. The number of benzene rings is 1. The molecular weight excluding hydrogens is 316 g/mol. The molecule has 0 bridgehead atoms. The Bertz CT molecular complexity index is 563. The molecule has 0 atom stereocenters. The Morgan fingerprint density at radius 3 is 2.44 bits per heavy atom. The van der Waals surface area contributed by atoms with Gasteiger partial charge >= 0.3 is 6.09 Å². The Kier molecular flexibility index (Phi) is 7.57. The second-order valence-corrected chi connectivity index (χ2v) is 6.29. The molecule has 6 heteroatoms. The zero-order valence-electron chi connectivity index (χ0n) is 15.5. The molecule has 1 aromatic rings. The number of aliphatic imine (C=N–C) groups is 1. The minimum absolute atomic E-state index is 0.241. The van der Waals surface area contributed by atoms with Crippen molar-refractivity contribution < 1.29 is 9.53 Å². The van der Waals surface area contributed by atoms with Gasteiger partial charge in [0, 0.05) is 32.7 Å². The van der Waals surface area contributed by atoms with Crippen LogP contribution < -0.4 is 10.6 Å². The van der Waals surface area contributed by atoms with Crippen molar-refractivity contribution in [1.82, 2.24) is 15.5 Å². The minimum Gasteiger partial charge on any atom is -0.453 e. The summed E-state index contributed by atoms with van der Waals surface area (Å²) in [5.41, 5.74) is 2.69. The van der Waals surface area contributed by atoms with Gasteiger partial charge in [-0.25, -0.2) is 4.79 Å². The Morgan fingerprint density at radius 2 is 1.88 bits per heavy atom. The van der Waals surface area contributed by atoms with E-state index < -0.39 is 0 Å². The number of piperidine rings is 1. The average Bonchev–Trinajstić information content (AvgIpc) is 2.67. The smallest absolute Gasteiger partial charge is 0.409 e. The number of hydrogen-bond acceptors (Lipinski definition) is 3. The molecular formula is C19H30N4O2. The predicted molar refractivity (Wildman–Crippen MR) is 101 cm³/mol. The summed E-state index contributed by atoms with van der Waals surface area (Å²) in [6.07, 6.45) is 3.59. The van der Waals surface area contributed by atoms with E-state index in [0.717, 1.165) is 38.2 Å². The monoisotopic (exact) mass is 346 g/mol. The number of methoxy groups -OCH3 is 1. The second-order valence-electron chi connectivity index (χ2n) is 6.29. The number of rotatable bonds is 5. The highest BCUT2D eigenvalue weighted by Crippen LogP contribution is 2.11. The largest absolute Gasteiger partial charge is 0.453 e. The van der Waals surface area contributed by atoms with E-state index in [0.29, 0.717) is 19.1 Å². The van der Waals surface area contributed by atoms with Gasteiger partial charge in [-0.05, 0) is 36.8 Å². The van der Waals surface area contributed by atoms with E-state index >= 15 is 0 Å². The van der Waals surface area contributed by atoms with Gasteiger partial charge in [0.25, 0.3) is 0 Å². The van der Waals surface area contributed by atoms with Gasteiger partial charge in [0.1, 0.15) is 0 Å². The number of nitrogens with zero attached hydrogens (tertiary/aromatic N) is 2. The van der Waals surface area contributed by atoms with Crippen LogP contribution in [0.3, 0.4) is 0 Å². The molecule has 25 heavy (non-hydrogen) atoms. The van der Waals surface area contributed by atoms with Crippen molar-refractivity contribution >= 4 is 12.1 Å². The minimum atomic E-state index is -0.241. The quantitative estimate of drug-likeness (QED) is 0.634. The fourth-order valence-electron chi connectivity index (χ4n) is 2.99. The second kappa shape index (κ2) is 9.91. The first-order valence-corrected chi connectivity index (χ1v) is 9.04. The van der Waals surface area contributed by atoms with Crippen molar-refractivity contribution in [2.24, 2.45) is 4.99 Å². The number of amides is 1. The van der Waals surface area contributed by atoms with E-state index in [2.05, 4.69) is 46.8 Å². The number of ether oxygens (including phenoxy) is 1. The molecule has 0 spiro atoms. The molecule has 0 aromatic heterocycles. The molecule has 1 saturated heterocycles. The van der Waals surface area contributed by atoms with Gasteiger partial charge < -0.3 is 20.3 Å². The summed E-state index contributed by atoms with van der Waals surface area (Å²) in [5.74, 6) is 0.821. The van der Waals surface area contributed by atoms with Crippen LogP contribution in [0, 0.1) is 0 Å². The van der Waals surface area contributed by atoms with Crippen LogP contribution in [-0.4, -0.2) is 56.8 Å². The Balaban J connectivity index is 1.71. The molecule has 2 rings (SSSR count). The maximum Gasteiger partial charge on any atom is 0.409 e. The fraction of sp³-hybridized carbons (Fsp3) is 0.579. The van der Waals surface area contributed by atoms with Crippen LogP contribution in [0.15, 0.2) is 29.3 Å². The zero-order chi connectivity index (χ0) is 18.1. The molecule has 1 aromatic carbocycles. The molecule has 1 amide bonds. The Morgan fingerprint density at radius 1 is 1.24 bits per heavy atom. The molecule has 0 saturated carbocycles. The maximum atomic E-state index is 11.5. The van der Waals surface area contributed by atoms with E-state index in [1.165, 1.54) is 18.2 Å². The lowest BCUT2D eigenvalue weighted by atomic mass is 10.1. The standard InChI is InChI=1S/C19H30N4O2/c1-4-15-5-7-16(8-6-15)9-12-21-18(20-2)22-17-10-13-23(14-11-17)19(24)25-3/h5-8,17H,4,9-14H2,1-3H3,(H2,20,21,22). The van der Waals surface area contributed by atoms with Crippen LogP contribution in [0.2, 0.25) is 0 Å². The third-order valence-electron chi connectivity index (χ3n) is 4.63. The first kappa shape index (κ1) is 19.1. The SMILES string of the molecule is CCc1ccc(CCNC(=NC)NC2CCN(C(=O)OC)CC2)cc1. The Labute approximate surface area is 150 Å². The average molecular weight is 346 g/mol. The van der Waals surface area contributed by atoms with Crippen LogP contribution in [-0.2, 0) is 17.6 Å². The molecule has 1 aliphatic heterocycles. The number of carbonyl (C=O) groups excluding carboxylic acids is 1. The first-order chi connectivity index (χ1) is 12.2. The van der Waals surface area contributed by atoms with Crippen LogP contribution in [0.4, 0.5) is 4.79 Å². The molecule has 6 nitrogen and oxygen atoms in total. The lowest BCUT2D eigenvalue weighted by Crippen LogP contribution is -2.50. The Hall–Kier alpha value is -2.24. The lowest BCUT2D eigenvalue weighted by molar-refractivity contribution is 0.111. The van der Waals surface area contributed by atoms with E-state index in [4.69, 9.17) is 4.74 Å². The highest BCUT2D eigenvalue weighted by molar-refractivity contribution is 5.80. The van der Waals surface area contributed by atoms with E-state index in [1.54, 1.807) is 11.9 Å². The zero-order valence-corrected chi connectivity index (χ0v) is 15.5. The van der Waals surface area contributed by atoms with E-state index in [1.807, 2.05) is 0 Å². The van der Waals surface area contributed by atoms with E-state index in [-0.39, 0.29) is 6.09 Å². The summed E-state index contributed by atoms with van der Waals surface area (Å²) < 4.78 is 4.77. The summed E-state index contributed by atoms with van der Waals surface area (Å²) >= 11 is 0. The number of guanidine groups is 1. The van der Waals surface area contributed by atoms with Crippen molar-refractivity contribution in [2.45, 2.75) is 38.6 Å². The van der Waals surface area contributed by atoms with Gasteiger partial charge in [-0.15, -0.1) is 0 Å². The van der Waals surface area contributed by atoms with Crippen LogP contribution in [0.5, 0.6) is 0 Å². The first-order valence-electron chi connectivity index (χ1n) is 9.04. The molecule has 0 aliphatic carbocycles. The number of hydrogen-bond donors (Lipinski definition) is 2. The van der Waals surface area contributed by atoms with Crippen LogP contribution >= 0.6 is 0 Å². The summed E-state index contributed by atoms with van der Waals surface area (Å²) in [7, 11) is 3.21. The highest BCUT2D eigenvalue weighted by atomic mass is 16.5. The normalized spacial score (nSPS) is 15.8. The molecule has 2 N–H and O–H groups in total. The number of aryl methyl sites for hydroxylation is 1. The van der Waals surface area contributed by atoms with Gasteiger partial charge in [0.2, 0.25) is 0 Å². The predicted octanol–water partition coefficient (Wildman–Crippen LogP) is 2.19. The molecule has 0 unspecified atom stereocenters. The highest BCUT2D eigenvalue weighted by Gasteiger charge is 2.23. The molecule has 1 heterocycles. The lowest BCUT2D eigenvalue weighted by Gasteiger charge is -2.32. The van der Waals surface area contributed by atoms with Gasteiger partial charge in [0.15, 0.2) is 5.96 Å². The molecule has 1 aliphatic rings. The number of carbonyl (C=O) groups is 1. The van der Waals surface area contributed by atoms with Crippen molar-refractivity contribution in [3.8, 4) is 0 Å². The summed E-state index contributed by atoms with van der Waals surface area (Å²) in [6, 6.07) is 9.10. The number of likely N-dealkylation sites (tertiary alicyclic amines) is 1. The summed E-state index contributed by atoms with van der Waals surface area (Å²) in [6.45, 7) is 4.43. The fourth-order valence-corrected chi connectivity index (χ4v) is 2.99. The third-order valence-corrected chi connectivity index (χ3v) is 4.63.